The van der Waals surface area contributed by atoms with Crippen LogP contribution in [0.2, 0.25) is 5.02 Å². The molecule has 1 saturated carbocycles. The lowest BCUT2D eigenvalue weighted by molar-refractivity contribution is 0.242. The zero-order chi connectivity index (χ0) is 15.1. The highest BCUT2D eigenvalue weighted by Gasteiger charge is 2.56. The van der Waals surface area contributed by atoms with Gasteiger partial charge in [0.25, 0.3) is 0 Å². The van der Waals surface area contributed by atoms with Crippen molar-refractivity contribution in [3.63, 3.8) is 0 Å². The van der Waals surface area contributed by atoms with E-state index in [1.807, 2.05) is 18.3 Å². The summed E-state index contributed by atoms with van der Waals surface area (Å²) in [6.07, 6.45) is 7.68. The van der Waals surface area contributed by atoms with Crippen LogP contribution < -0.4 is 0 Å². The lowest BCUT2D eigenvalue weighted by Gasteiger charge is -2.25. The molecule has 2 heterocycles. The molecule has 5 heteroatoms. The van der Waals surface area contributed by atoms with Crippen LogP contribution in [0.4, 0.5) is 0 Å². The van der Waals surface area contributed by atoms with E-state index in [0.29, 0.717) is 18.0 Å². The highest BCUT2D eigenvalue weighted by atomic mass is 35.5. The van der Waals surface area contributed by atoms with Gasteiger partial charge in [-0.1, -0.05) is 23.7 Å². The fourth-order valence-corrected chi connectivity index (χ4v) is 4.28. The van der Waals surface area contributed by atoms with E-state index in [2.05, 4.69) is 27.0 Å². The Kier molecular flexibility index (Phi) is 3.81. The molecule has 3 nitrogen and oxygen atoms in total. The van der Waals surface area contributed by atoms with Gasteiger partial charge in [-0.3, -0.25) is 14.9 Å². The number of hydrogen-bond donors (Lipinski definition) is 0. The standard InChI is InChI=1S/C17H17Cl2N3/c18-12-5-3-11(4-6-12)14-2-1-9-22(14)17-15(16(17)19)13-10-20-7-8-21-13/h3-8,10,14-17H,1-2,9H2. The second-order valence-corrected chi connectivity index (χ2v) is 6.98. The number of halogens is 2. The van der Waals surface area contributed by atoms with E-state index in [1.54, 1.807) is 12.4 Å². The van der Waals surface area contributed by atoms with Crippen molar-refractivity contribution >= 4 is 23.2 Å². The first-order chi connectivity index (χ1) is 10.8. The number of likely N-dealkylation sites (tertiary alicyclic amines) is 1. The number of hydrogen-bond acceptors (Lipinski definition) is 3. The highest BCUT2D eigenvalue weighted by Crippen LogP contribution is 2.52. The molecule has 4 rings (SSSR count). The van der Waals surface area contributed by atoms with Gasteiger partial charge < -0.3 is 0 Å². The number of benzene rings is 1. The van der Waals surface area contributed by atoms with Crippen molar-refractivity contribution in [2.24, 2.45) is 0 Å². The molecule has 2 fully saturated rings. The zero-order valence-electron chi connectivity index (χ0n) is 12.1. The zero-order valence-corrected chi connectivity index (χ0v) is 13.6. The summed E-state index contributed by atoms with van der Waals surface area (Å²) in [5.41, 5.74) is 2.34. The maximum Gasteiger partial charge on any atom is 0.0649 e. The molecule has 0 radical (unpaired) electrons. The third kappa shape index (κ3) is 2.51. The summed E-state index contributed by atoms with van der Waals surface area (Å²) in [6.45, 7) is 1.10. The van der Waals surface area contributed by atoms with Gasteiger partial charge in [-0.15, -0.1) is 11.6 Å². The molecule has 22 heavy (non-hydrogen) atoms. The molecule has 4 atom stereocenters. The molecule has 1 saturated heterocycles. The molecular formula is C17H17Cl2N3. The second-order valence-electron chi connectivity index (χ2n) is 6.04. The van der Waals surface area contributed by atoms with Crippen LogP contribution in [0.3, 0.4) is 0 Å². The summed E-state index contributed by atoms with van der Waals surface area (Å²) in [5, 5.41) is 0.914. The largest absolute Gasteiger partial charge is 0.291 e. The number of rotatable bonds is 3. The van der Waals surface area contributed by atoms with Gasteiger partial charge in [-0.05, 0) is 37.1 Å². The van der Waals surface area contributed by atoms with Crippen molar-refractivity contribution in [3.8, 4) is 0 Å². The van der Waals surface area contributed by atoms with Crippen LogP contribution in [0, 0.1) is 0 Å². The average molecular weight is 334 g/mol. The maximum absolute atomic E-state index is 6.58. The van der Waals surface area contributed by atoms with Crippen LogP contribution in [0.1, 0.15) is 36.1 Å². The van der Waals surface area contributed by atoms with E-state index in [4.69, 9.17) is 23.2 Å². The summed E-state index contributed by atoms with van der Waals surface area (Å²) in [7, 11) is 0. The Labute approximate surface area is 140 Å². The quantitative estimate of drug-likeness (QED) is 0.793. The van der Waals surface area contributed by atoms with E-state index in [0.717, 1.165) is 17.3 Å². The Morgan fingerprint density at radius 2 is 1.95 bits per heavy atom. The van der Waals surface area contributed by atoms with E-state index < -0.39 is 0 Å². The SMILES string of the molecule is Clc1ccc(C2CCCN2C2C(Cl)C2c2cnccn2)cc1. The molecule has 2 aromatic rings. The Hall–Kier alpha value is -1.16. The van der Waals surface area contributed by atoms with Crippen molar-refractivity contribution in [2.45, 2.75) is 36.2 Å². The minimum absolute atomic E-state index is 0.129. The molecular weight excluding hydrogens is 317 g/mol. The molecule has 0 amide bonds. The molecule has 1 aromatic carbocycles. The summed E-state index contributed by atoms with van der Waals surface area (Å²) in [4.78, 5) is 11.1. The molecule has 0 bridgehead atoms. The first-order valence-electron chi connectivity index (χ1n) is 7.67. The molecule has 0 N–H and O–H groups in total. The van der Waals surface area contributed by atoms with Crippen LogP contribution in [0.5, 0.6) is 0 Å². The van der Waals surface area contributed by atoms with Gasteiger partial charge >= 0.3 is 0 Å². The predicted octanol–water partition coefficient (Wildman–Crippen LogP) is 4.04. The molecule has 0 spiro atoms. The number of aromatic nitrogens is 2. The topological polar surface area (TPSA) is 29.0 Å². The third-order valence-corrected chi connectivity index (χ3v) is 5.53. The first-order valence-corrected chi connectivity index (χ1v) is 8.48. The Bertz CT molecular complexity index is 647. The fraction of sp³-hybridized carbons (Fsp3) is 0.412. The number of nitrogens with zero attached hydrogens (tertiary/aromatic N) is 3. The molecule has 4 unspecified atom stereocenters. The minimum atomic E-state index is 0.129. The monoisotopic (exact) mass is 333 g/mol. The predicted molar refractivity (Wildman–Crippen MR) is 88.3 cm³/mol. The van der Waals surface area contributed by atoms with Crippen molar-refractivity contribution in [1.82, 2.24) is 14.9 Å². The molecule has 2 aliphatic rings. The van der Waals surface area contributed by atoms with Crippen LogP contribution in [0.25, 0.3) is 0 Å². The van der Waals surface area contributed by atoms with Gasteiger partial charge in [-0.2, -0.15) is 0 Å². The van der Waals surface area contributed by atoms with Crippen molar-refractivity contribution < 1.29 is 0 Å². The van der Waals surface area contributed by atoms with Gasteiger partial charge in [0.2, 0.25) is 0 Å². The van der Waals surface area contributed by atoms with Crippen molar-refractivity contribution in [1.29, 1.82) is 0 Å². The molecule has 1 aliphatic carbocycles. The second kappa shape index (κ2) is 5.80. The Morgan fingerprint density at radius 1 is 1.14 bits per heavy atom. The highest BCUT2D eigenvalue weighted by molar-refractivity contribution is 6.30. The normalized spacial score (nSPS) is 31.4. The summed E-state index contributed by atoms with van der Waals surface area (Å²) >= 11 is 12.6. The van der Waals surface area contributed by atoms with Gasteiger partial charge in [0.1, 0.15) is 0 Å². The maximum atomic E-state index is 6.58. The van der Waals surface area contributed by atoms with Crippen LogP contribution in [-0.4, -0.2) is 32.8 Å². The lowest BCUT2D eigenvalue weighted by Crippen LogP contribution is -2.27. The Morgan fingerprint density at radius 3 is 2.68 bits per heavy atom. The lowest BCUT2D eigenvalue weighted by atomic mass is 10.0. The smallest absolute Gasteiger partial charge is 0.0649 e. The van der Waals surface area contributed by atoms with Gasteiger partial charge in [-0.25, -0.2) is 0 Å². The van der Waals surface area contributed by atoms with Crippen LogP contribution in [0.15, 0.2) is 42.9 Å². The first kappa shape index (κ1) is 14.4. The van der Waals surface area contributed by atoms with E-state index in [-0.39, 0.29) is 5.38 Å². The number of alkyl halides is 1. The van der Waals surface area contributed by atoms with Gasteiger partial charge in [0.05, 0.1) is 11.1 Å². The van der Waals surface area contributed by atoms with Crippen molar-refractivity contribution in [2.75, 3.05) is 6.54 Å². The summed E-state index contributed by atoms with van der Waals surface area (Å²) in [6, 6.07) is 9.01. The molecule has 1 aromatic heterocycles. The van der Waals surface area contributed by atoms with Crippen molar-refractivity contribution in [3.05, 3.63) is 59.1 Å². The average Bonchev–Trinajstić information content (AvgIpc) is 2.98. The van der Waals surface area contributed by atoms with E-state index in [1.165, 1.54) is 18.4 Å². The fourth-order valence-electron chi connectivity index (χ4n) is 3.66. The Balaban J connectivity index is 1.56. The van der Waals surface area contributed by atoms with Crippen LogP contribution >= 0.6 is 23.2 Å². The third-order valence-electron chi connectivity index (χ3n) is 4.75. The van der Waals surface area contributed by atoms with E-state index in [9.17, 15) is 0 Å². The van der Waals surface area contributed by atoms with E-state index >= 15 is 0 Å². The summed E-state index contributed by atoms with van der Waals surface area (Å²) in [5.74, 6) is 0.295. The summed E-state index contributed by atoms with van der Waals surface area (Å²) < 4.78 is 0. The van der Waals surface area contributed by atoms with Gasteiger partial charge in [0.15, 0.2) is 0 Å². The molecule has 1 aliphatic heterocycles. The van der Waals surface area contributed by atoms with Gasteiger partial charge in [0, 0.05) is 41.6 Å². The van der Waals surface area contributed by atoms with Crippen LogP contribution in [-0.2, 0) is 0 Å². The molecule has 114 valence electrons. The minimum Gasteiger partial charge on any atom is -0.291 e.